The van der Waals surface area contributed by atoms with Crippen LogP contribution in [-0.4, -0.2) is 24.7 Å². The lowest BCUT2D eigenvalue weighted by atomic mass is 10.0. The number of anilines is 2. The van der Waals surface area contributed by atoms with Gasteiger partial charge in [0, 0.05) is 40.3 Å². The number of methoxy groups -OCH3 is 1. The monoisotopic (exact) mass is 418 g/mol. The van der Waals surface area contributed by atoms with E-state index in [1.807, 2.05) is 42.5 Å². The van der Waals surface area contributed by atoms with E-state index >= 15 is 0 Å². The molecule has 30 heavy (non-hydrogen) atoms. The van der Waals surface area contributed by atoms with Crippen molar-refractivity contribution in [2.75, 3.05) is 23.5 Å². The van der Waals surface area contributed by atoms with E-state index in [0.29, 0.717) is 29.8 Å². The zero-order valence-corrected chi connectivity index (χ0v) is 17.4. The Morgan fingerprint density at radius 1 is 1.10 bits per heavy atom. The molecule has 152 valence electrons. The van der Waals surface area contributed by atoms with Crippen LogP contribution in [0.5, 0.6) is 5.75 Å². The predicted octanol–water partition coefficient (Wildman–Crippen LogP) is 4.97. The van der Waals surface area contributed by atoms with E-state index in [2.05, 4.69) is 22.8 Å². The number of nitrogens with one attached hydrogen (secondary N) is 2. The fourth-order valence-electron chi connectivity index (χ4n) is 3.37. The van der Waals surface area contributed by atoms with Crippen molar-refractivity contribution in [2.24, 2.45) is 0 Å². The van der Waals surface area contributed by atoms with E-state index in [4.69, 9.17) is 4.74 Å². The minimum absolute atomic E-state index is 0.0282. The maximum absolute atomic E-state index is 12.8. The predicted molar refractivity (Wildman–Crippen MR) is 121 cm³/mol. The van der Waals surface area contributed by atoms with Crippen LogP contribution >= 0.6 is 11.8 Å². The van der Waals surface area contributed by atoms with Crippen LogP contribution in [0, 0.1) is 0 Å². The van der Waals surface area contributed by atoms with Gasteiger partial charge in [0.1, 0.15) is 5.75 Å². The van der Waals surface area contributed by atoms with Crippen LogP contribution in [0.4, 0.5) is 11.4 Å². The molecule has 0 unspecified atom stereocenters. The molecule has 2 N–H and O–H groups in total. The lowest BCUT2D eigenvalue weighted by Crippen LogP contribution is -2.14. The van der Waals surface area contributed by atoms with Gasteiger partial charge in [0.05, 0.1) is 12.8 Å². The number of carbonyl (C=O) groups excluding carboxylic acids is 2. The summed E-state index contributed by atoms with van der Waals surface area (Å²) in [6.07, 6.45) is 1.17. The molecule has 0 radical (unpaired) electrons. The van der Waals surface area contributed by atoms with Gasteiger partial charge in [-0.25, -0.2) is 0 Å². The molecule has 1 aliphatic heterocycles. The van der Waals surface area contributed by atoms with Gasteiger partial charge < -0.3 is 15.4 Å². The largest absolute Gasteiger partial charge is 0.496 e. The molecule has 0 aliphatic carbocycles. The van der Waals surface area contributed by atoms with Crippen LogP contribution in [0.3, 0.4) is 0 Å². The van der Waals surface area contributed by atoms with Crippen LogP contribution in [0.15, 0.2) is 71.6 Å². The summed E-state index contributed by atoms with van der Waals surface area (Å²) in [6.45, 7) is 0. The van der Waals surface area contributed by atoms with Crippen molar-refractivity contribution in [2.45, 2.75) is 17.7 Å². The third-order valence-electron chi connectivity index (χ3n) is 4.88. The molecule has 4 rings (SSSR count). The molecule has 0 atom stereocenters. The molecule has 5 nitrogen and oxygen atoms in total. The van der Waals surface area contributed by atoms with Gasteiger partial charge in [0.15, 0.2) is 0 Å². The molecule has 0 aromatic heterocycles. The average Bonchev–Trinajstić information content (AvgIpc) is 2.94. The van der Waals surface area contributed by atoms with E-state index in [1.165, 1.54) is 5.56 Å². The maximum atomic E-state index is 12.8. The van der Waals surface area contributed by atoms with Gasteiger partial charge in [-0.1, -0.05) is 30.3 Å². The summed E-state index contributed by atoms with van der Waals surface area (Å²) in [4.78, 5) is 25.6. The second-order valence-electron chi connectivity index (χ2n) is 7.00. The molecule has 2 amide bonds. The Balaban J connectivity index is 1.54. The van der Waals surface area contributed by atoms with Crippen LogP contribution in [-0.2, 0) is 11.2 Å². The van der Waals surface area contributed by atoms with Crippen molar-refractivity contribution < 1.29 is 14.3 Å². The number of thioether (sulfide) groups is 1. The average molecular weight is 419 g/mol. The van der Waals surface area contributed by atoms with E-state index in [9.17, 15) is 9.59 Å². The van der Waals surface area contributed by atoms with Gasteiger partial charge in [0.25, 0.3) is 5.91 Å². The molecule has 1 aliphatic rings. The maximum Gasteiger partial charge on any atom is 0.255 e. The summed E-state index contributed by atoms with van der Waals surface area (Å²) >= 11 is 1.62. The quantitative estimate of drug-likeness (QED) is 0.614. The zero-order chi connectivity index (χ0) is 20.9. The highest BCUT2D eigenvalue weighted by Gasteiger charge is 2.16. The number of fused-ring (bicyclic) bond motifs is 1. The summed E-state index contributed by atoms with van der Waals surface area (Å²) in [6, 6.07) is 21.1. The molecule has 0 fully saturated rings. The Morgan fingerprint density at radius 2 is 1.93 bits per heavy atom. The smallest absolute Gasteiger partial charge is 0.255 e. The first-order valence-electron chi connectivity index (χ1n) is 9.71. The van der Waals surface area contributed by atoms with E-state index in [0.717, 1.165) is 22.0 Å². The highest BCUT2D eigenvalue weighted by atomic mass is 32.2. The van der Waals surface area contributed by atoms with Crippen LogP contribution in [0.1, 0.15) is 27.9 Å². The molecule has 0 saturated heterocycles. The minimum Gasteiger partial charge on any atom is -0.496 e. The second-order valence-corrected chi connectivity index (χ2v) is 8.14. The van der Waals surface area contributed by atoms with Crippen molar-refractivity contribution in [3.05, 3.63) is 83.4 Å². The lowest BCUT2D eigenvalue weighted by Gasteiger charge is -2.13. The SMILES string of the molecule is COc1ccc(NC(=O)c2ccc3c(c2)NC(=O)CCS3)cc1Cc1ccccc1. The van der Waals surface area contributed by atoms with Crippen molar-refractivity contribution in [1.82, 2.24) is 0 Å². The van der Waals surface area contributed by atoms with Crippen molar-refractivity contribution >= 4 is 35.0 Å². The number of ether oxygens (including phenoxy) is 1. The molecule has 3 aromatic rings. The van der Waals surface area contributed by atoms with Crippen LogP contribution in [0.25, 0.3) is 0 Å². The highest BCUT2D eigenvalue weighted by molar-refractivity contribution is 7.99. The number of rotatable bonds is 5. The normalized spacial score (nSPS) is 13.0. The Kier molecular flexibility index (Phi) is 6.05. The Hall–Kier alpha value is -3.25. The molecule has 0 spiro atoms. The third-order valence-corrected chi connectivity index (χ3v) is 5.95. The fraction of sp³-hybridized carbons (Fsp3) is 0.167. The van der Waals surface area contributed by atoms with Crippen molar-refractivity contribution in [3.63, 3.8) is 0 Å². The summed E-state index contributed by atoms with van der Waals surface area (Å²) in [5.74, 6) is 1.26. The van der Waals surface area contributed by atoms with E-state index in [-0.39, 0.29) is 11.8 Å². The van der Waals surface area contributed by atoms with Crippen LogP contribution in [0.2, 0.25) is 0 Å². The summed E-state index contributed by atoms with van der Waals surface area (Å²) < 4.78 is 5.49. The molecular formula is C24H22N2O3S. The summed E-state index contributed by atoms with van der Waals surface area (Å²) in [5, 5.41) is 5.83. The molecule has 0 bridgehead atoms. The number of amides is 2. The van der Waals surface area contributed by atoms with E-state index < -0.39 is 0 Å². The first-order valence-corrected chi connectivity index (χ1v) is 10.7. The van der Waals surface area contributed by atoms with E-state index in [1.54, 1.807) is 31.0 Å². The van der Waals surface area contributed by atoms with Crippen molar-refractivity contribution in [1.29, 1.82) is 0 Å². The van der Waals surface area contributed by atoms with Gasteiger partial charge in [-0.15, -0.1) is 11.8 Å². The molecule has 3 aromatic carbocycles. The third kappa shape index (κ3) is 4.66. The van der Waals surface area contributed by atoms with Crippen LogP contribution < -0.4 is 15.4 Å². The Labute approximate surface area is 179 Å². The molecule has 0 saturated carbocycles. The summed E-state index contributed by atoms with van der Waals surface area (Å²) in [5.41, 5.74) is 4.04. The number of hydrogen-bond donors (Lipinski definition) is 2. The minimum atomic E-state index is -0.225. The highest BCUT2D eigenvalue weighted by Crippen LogP contribution is 2.32. The molecule has 6 heteroatoms. The lowest BCUT2D eigenvalue weighted by molar-refractivity contribution is -0.115. The van der Waals surface area contributed by atoms with Crippen molar-refractivity contribution in [3.8, 4) is 5.75 Å². The molecular weight excluding hydrogens is 396 g/mol. The number of benzene rings is 3. The fourth-order valence-corrected chi connectivity index (χ4v) is 4.31. The first kappa shape index (κ1) is 20.0. The van der Waals surface area contributed by atoms with Gasteiger partial charge in [0.2, 0.25) is 5.91 Å². The van der Waals surface area contributed by atoms with Gasteiger partial charge in [-0.2, -0.15) is 0 Å². The van der Waals surface area contributed by atoms with Gasteiger partial charge >= 0.3 is 0 Å². The Bertz CT molecular complexity index is 1080. The number of hydrogen-bond acceptors (Lipinski definition) is 4. The summed E-state index contributed by atoms with van der Waals surface area (Å²) in [7, 11) is 1.64. The van der Waals surface area contributed by atoms with Gasteiger partial charge in [-0.05, 0) is 42.0 Å². The standard InChI is InChI=1S/C24H22N2O3S/c1-29-21-9-8-19(14-18(21)13-16-5-3-2-4-6-16)25-24(28)17-7-10-22-20(15-17)26-23(27)11-12-30-22/h2-10,14-15H,11-13H2,1H3,(H,25,28)(H,26,27). The second kappa shape index (κ2) is 9.05. The molecule has 1 heterocycles. The topological polar surface area (TPSA) is 67.4 Å². The van der Waals surface area contributed by atoms with Gasteiger partial charge in [-0.3, -0.25) is 9.59 Å². The first-order chi connectivity index (χ1) is 14.6. The Morgan fingerprint density at radius 3 is 2.73 bits per heavy atom. The zero-order valence-electron chi connectivity index (χ0n) is 16.6. The number of carbonyl (C=O) groups is 2.